The fraction of sp³-hybridized carbons (Fsp3) is 0.115. The maximum Gasteiger partial charge on any atom is 0.344 e. The van der Waals surface area contributed by atoms with Gasteiger partial charge in [0.05, 0.1) is 11.1 Å². The van der Waals surface area contributed by atoms with Crippen molar-refractivity contribution in [2.45, 2.75) is 13.1 Å². The monoisotopic (exact) mass is 516 g/mol. The zero-order valence-corrected chi connectivity index (χ0v) is 19.4. The number of ether oxygens (including phenoxy) is 1. The minimum atomic E-state index is -0.547. The Labute approximate surface area is 201 Å². The third kappa shape index (κ3) is 3.70. The summed E-state index contributed by atoms with van der Waals surface area (Å²) in [7, 11) is 0. The van der Waals surface area contributed by atoms with Crippen LogP contribution in [0.1, 0.15) is 11.1 Å². The molecule has 0 saturated heterocycles. The Bertz CT molecular complexity index is 1680. The fourth-order valence-electron chi connectivity index (χ4n) is 4.34. The number of hydrogen-bond acceptors (Lipinski definition) is 7. The highest BCUT2D eigenvalue weighted by Crippen LogP contribution is 2.36. The Morgan fingerprint density at radius 1 is 1.00 bits per heavy atom. The van der Waals surface area contributed by atoms with E-state index >= 15 is 0 Å². The summed E-state index contributed by atoms with van der Waals surface area (Å²) >= 11 is 3.45. The minimum Gasteiger partial charge on any atom is -0.478 e. The average Bonchev–Trinajstić information content (AvgIpc) is 2.84. The molecule has 5 aromatic rings. The fourth-order valence-corrected chi connectivity index (χ4v) is 4.71. The third-order valence-electron chi connectivity index (χ3n) is 5.87. The normalized spacial score (nSPS) is 13.7. The zero-order valence-electron chi connectivity index (χ0n) is 17.8. The van der Waals surface area contributed by atoms with Crippen LogP contribution in [0.2, 0.25) is 0 Å². The molecule has 0 amide bonds. The molecule has 0 aliphatic carbocycles. The second kappa shape index (κ2) is 8.23. The summed E-state index contributed by atoms with van der Waals surface area (Å²) in [6.45, 7) is 1.56. The van der Waals surface area contributed by atoms with Crippen LogP contribution in [0, 0.1) is 0 Å². The van der Waals surface area contributed by atoms with E-state index in [1.165, 1.54) is 6.07 Å². The number of aromatic nitrogens is 1. The van der Waals surface area contributed by atoms with E-state index < -0.39 is 11.3 Å². The molecule has 0 fully saturated rings. The highest BCUT2D eigenvalue weighted by Gasteiger charge is 2.24. The Balaban J connectivity index is 1.49. The van der Waals surface area contributed by atoms with Crippen LogP contribution in [-0.2, 0) is 13.1 Å². The van der Waals surface area contributed by atoms with Crippen LogP contribution < -0.4 is 16.0 Å². The van der Waals surface area contributed by atoms with Crippen LogP contribution in [0.3, 0.4) is 0 Å². The standard InChI is InChI=1S/C26H17BrN2O5/c27-17-3-5-22-16(8-17)9-20(26(31)33-22)19-10-24(30)34-25-18(19)4-6-23-21(25)13-29(14-32-23)12-15-2-1-7-28-11-15/h1-11H,12-14H2. The van der Waals surface area contributed by atoms with Gasteiger partial charge in [0.25, 0.3) is 0 Å². The molecule has 0 spiro atoms. The molecule has 0 unspecified atom stereocenters. The second-order valence-electron chi connectivity index (χ2n) is 8.15. The van der Waals surface area contributed by atoms with Gasteiger partial charge in [0.1, 0.15) is 23.6 Å². The van der Waals surface area contributed by atoms with E-state index in [2.05, 4.69) is 25.8 Å². The van der Waals surface area contributed by atoms with Crippen molar-refractivity contribution in [3.63, 3.8) is 0 Å². The van der Waals surface area contributed by atoms with E-state index in [0.29, 0.717) is 53.2 Å². The van der Waals surface area contributed by atoms with Crippen molar-refractivity contribution in [2.75, 3.05) is 6.73 Å². The summed E-state index contributed by atoms with van der Waals surface area (Å²) in [5, 5.41) is 1.39. The van der Waals surface area contributed by atoms with Gasteiger partial charge in [-0.15, -0.1) is 0 Å². The van der Waals surface area contributed by atoms with Crippen molar-refractivity contribution in [2.24, 2.45) is 0 Å². The Morgan fingerprint density at radius 2 is 1.91 bits per heavy atom. The molecule has 3 aromatic heterocycles. The van der Waals surface area contributed by atoms with Gasteiger partial charge in [0.15, 0.2) is 0 Å². The highest BCUT2D eigenvalue weighted by molar-refractivity contribution is 9.10. The van der Waals surface area contributed by atoms with E-state index in [4.69, 9.17) is 13.6 Å². The predicted molar refractivity (Wildman–Crippen MR) is 131 cm³/mol. The molecule has 1 aliphatic heterocycles. The summed E-state index contributed by atoms with van der Waals surface area (Å²) in [6.07, 6.45) is 3.55. The van der Waals surface area contributed by atoms with Crippen LogP contribution >= 0.6 is 15.9 Å². The Morgan fingerprint density at radius 3 is 2.76 bits per heavy atom. The first kappa shape index (κ1) is 20.8. The maximum absolute atomic E-state index is 12.9. The largest absolute Gasteiger partial charge is 0.478 e. The van der Waals surface area contributed by atoms with Gasteiger partial charge in [-0.25, -0.2) is 9.59 Å². The van der Waals surface area contributed by atoms with E-state index in [9.17, 15) is 9.59 Å². The van der Waals surface area contributed by atoms with Crippen LogP contribution in [0.4, 0.5) is 0 Å². The molecular formula is C26H17BrN2O5. The lowest BCUT2D eigenvalue weighted by Crippen LogP contribution is -2.31. The number of halogens is 1. The molecule has 0 radical (unpaired) electrons. The van der Waals surface area contributed by atoms with E-state index in [0.717, 1.165) is 21.0 Å². The van der Waals surface area contributed by atoms with Crippen molar-refractivity contribution < 1.29 is 13.6 Å². The number of fused-ring (bicyclic) bond motifs is 4. The van der Waals surface area contributed by atoms with Gasteiger partial charge in [0, 0.05) is 52.4 Å². The summed E-state index contributed by atoms with van der Waals surface area (Å²) in [5.41, 5.74) is 2.39. The van der Waals surface area contributed by atoms with Crippen LogP contribution in [0.25, 0.3) is 33.1 Å². The first-order valence-corrected chi connectivity index (χ1v) is 11.4. The molecule has 0 N–H and O–H groups in total. The van der Waals surface area contributed by atoms with Gasteiger partial charge in [0.2, 0.25) is 0 Å². The Hall–Kier alpha value is -3.75. The molecule has 8 heteroatoms. The number of hydrogen-bond donors (Lipinski definition) is 0. The number of benzene rings is 2. The summed E-state index contributed by atoms with van der Waals surface area (Å²) < 4.78 is 18.0. The topological polar surface area (TPSA) is 85.8 Å². The molecule has 0 atom stereocenters. The van der Waals surface area contributed by atoms with E-state index in [-0.39, 0.29) is 0 Å². The summed E-state index contributed by atoms with van der Waals surface area (Å²) in [4.78, 5) is 31.7. The smallest absolute Gasteiger partial charge is 0.344 e. The molecule has 168 valence electrons. The van der Waals surface area contributed by atoms with Gasteiger partial charge in [-0.2, -0.15) is 0 Å². The number of nitrogens with zero attached hydrogens (tertiary/aromatic N) is 2. The minimum absolute atomic E-state index is 0.299. The number of rotatable bonds is 3. The van der Waals surface area contributed by atoms with Crippen LogP contribution in [0.5, 0.6) is 5.75 Å². The van der Waals surface area contributed by atoms with Gasteiger partial charge in [-0.1, -0.05) is 22.0 Å². The molecule has 6 rings (SSSR count). The molecule has 0 bridgehead atoms. The maximum atomic E-state index is 12.9. The summed E-state index contributed by atoms with van der Waals surface area (Å²) in [5.74, 6) is 0.657. The zero-order chi connectivity index (χ0) is 23.2. The van der Waals surface area contributed by atoms with Crippen molar-refractivity contribution >= 4 is 37.9 Å². The molecule has 34 heavy (non-hydrogen) atoms. The second-order valence-corrected chi connectivity index (χ2v) is 9.07. The lowest BCUT2D eigenvalue weighted by atomic mass is 9.99. The van der Waals surface area contributed by atoms with Crippen LogP contribution in [0.15, 0.2) is 89.9 Å². The van der Waals surface area contributed by atoms with Gasteiger partial charge in [-0.3, -0.25) is 9.88 Å². The quantitative estimate of drug-likeness (QED) is 0.309. The summed E-state index contributed by atoms with van der Waals surface area (Å²) in [6, 6.07) is 16.0. The van der Waals surface area contributed by atoms with Gasteiger partial charge >= 0.3 is 11.3 Å². The average molecular weight is 517 g/mol. The van der Waals surface area contributed by atoms with Crippen molar-refractivity contribution in [1.29, 1.82) is 0 Å². The molecular weight excluding hydrogens is 500 g/mol. The molecule has 2 aromatic carbocycles. The first-order valence-electron chi connectivity index (χ1n) is 10.6. The van der Waals surface area contributed by atoms with Crippen molar-refractivity contribution in [1.82, 2.24) is 9.88 Å². The molecule has 0 saturated carbocycles. The SMILES string of the molecule is O=c1cc(-c2cc3cc(Br)ccc3oc2=O)c2ccc3c(c2o1)CN(Cc1cccnc1)CO3. The lowest BCUT2D eigenvalue weighted by molar-refractivity contribution is 0.0889. The molecule has 4 heterocycles. The first-order chi connectivity index (χ1) is 16.5. The molecule has 1 aliphatic rings. The number of pyridine rings is 1. The predicted octanol–water partition coefficient (Wildman–Crippen LogP) is 5.08. The Kier molecular flexibility index (Phi) is 5.04. The highest BCUT2D eigenvalue weighted by atomic mass is 79.9. The molecule has 7 nitrogen and oxygen atoms in total. The van der Waals surface area contributed by atoms with Gasteiger partial charge in [-0.05, 0) is 48.0 Å². The van der Waals surface area contributed by atoms with Gasteiger partial charge < -0.3 is 13.6 Å². The van der Waals surface area contributed by atoms with Crippen LogP contribution in [-0.4, -0.2) is 16.6 Å². The lowest BCUT2D eigenvalue weighted by Gasteiger charge is -2.29. The third-order valence-corrected chi connectivity index (χ3v) is 6.36. The van der Waals surface area contributed by atoms with E-state index in [1.54, 1.807) is 24.4 Å². The van der Waals surface area contributed by atoms with Crippen molar-refractivity contribution in [3.8, 4) is 16.9 Å². The van der Waals surface area contributed by atoms with E-state index in [1.807, 2.05) is 36.5 Å². The van der Waals surface area contributed by atoms with Crippen molar-refractivity contribution in [3.05, 3.63) is 103 Å².